The van der Waals surface area contributed by atoms with Crippen LogP contribution in [0.1, 0.15) is 16.1 Å². The van der Waals surface area contributed by atoms with Crippen molar-refractivity contribution in [3.8, 4) is 5.69 Å². The van der Waals surface area contributed by atoms with E-state index in [0.29, 0.717) is 9.70 Å². The molecule has 0 saturated heterocycles. The molecule has 0 unspecified atom stereocenters. The highest BCUT2D eigenvalue weighted by Crippen LogP contribution is 2.34. The van der Waals surface area contributed by atoms with Crippen molar-refractivity contribution in [2.24, 2.45) is 5.14 Å². The van der Waals surface area contributed by atoms with E-state index in [1.54, 1.807) is 0 Å². The van der Waals surface area contributed by atoms with Gasteiger partial charge in [-0.25, -0.2) is 18.2 Å². The monoisotopic (exact) mass is 478 g/mol. The van der Waals surface area contributed by atoms with Crippen molar-refractivity contribution in [3.63, 3.8) is 0 Å². The Labute approximate surface area is 178 Å². The number of carbonyl (C=O) groups excluding carboxylic acids is 1. The number of carbonyl (C=O) groups is 1. The number of anilines is 1. The number of benzene rings is 2. The van der Waals surface area contributed by atoms with E-state index in [2.05, 4.69) is 10.4 Å². The van der Waals surface area contributed by atoms with Crippen molar-refractivity contribution < 1.29 is 26.4 Å². The fourth-order valence-corrected chi connectivity index (χ4v) is 3.36. The van der Waals surface area contributed by atoms with Gasteiger partial charge in [0, 0.05) is 5.02 Å². The first-order chi connectivity index (χ1) is 13.9. The zero-order valence-corrected chi connectivity index (χ0v) is 16.9. The van der Waals surface area contributed by atoms with E-state index in [1.807, 2.05) is 0 Å². The minimum absolute atomic E-state index is 0.0278. The molecule has 0 atom stereocenters. The van der Waals surface area contributed by atoms with Crippen LogP contribution in [-0.2, 0) is 16.2 Å². The molecule has 158 valence electrons. The maximum Gasteiger partial charge on any atom is 0.434 e. The summed E-state index contributed by atoms with van der Waals surface area (Å²) in [6.45, 7) is 0. The molecule has 1 aromatic heterocycles. The van der Waals surface area contributed by atoms with Gasteiger partial charge in [-0.1, -0.05) is 23.2 Å². The first kappa shape index (κ1) is 22.1. The Bertz CT molecular complexity index is 1230. The summed E-state index contributed by atoms with van der Waals surface area (Å²) in [5.74, 6) is -1.20. The third-order valence-electron chi connectivity index (χ3n) is 3.87. The van der Waals surface area contributed by atoms with Crippen molar-refractivity contribution in [2.45, 2.75) is 11.1 Å². The van der Waals surface area contributed by atoms with E-state index < -0.39 is 33.4 Å². The van der Waals surface area contributed by atoms with Crippen LogP contribution in [-0.4, -0.2) is 24.1 Å². The molecule has 1 heterocycles. The number of amides is 1. The fourth-order valence-electron chi connectivity index (χ4n) is 2.53. The van der Waals surface area contributed by atoms with Gasteiger partial charge in [0.25, 0.3) is 5.91 Å². The van der Waals surface area contributed by atoms with Gasteiger partial charge in [-0.05, 0) is 42.5 Å². The Hall–Kier alpha value is -2.60. The second-order valence-corrected chi connectivity index (χ2v) is 8.34. The average molecular weight is 479 g/mol. The predicted octanol–water partition coefficient (Wildman–Crippen LogP) is 4.10. The van der Waals surface area contributed by atoms with Gasteiger partial charge >= 0.3 is 6.18 Å². The topological polar surface area (TPSA) is 107 Å². The largest absolute Gasteiger partial charge is 0.434 e. The van der Waals surface area contributed by atoms with Gasteiger partial charge in [-0.15, -0.1) is 0 Å². The number of primary sulfonamides is 1. The molecular weight excluding hydrogens is 468 g/mol. The first-order valence-corrected chi connectivity index (χ1v) is 10.2. The molecule has 0 aliphatic rings. The first-order valence-electron chi connectivity index (χ1n) is 7.93. The lowest BCUT2D eigenvalue weighted by Gasteiger charge is -2.13. The van der Waals surface area contributed by atoms with Gasteiger partial charge < -0.3 is 5.32 Å². The summed E-state index contributed by atoms with van der Waals surface area (Å²) in [7, 11) is -4.13. The van der Waals surface area contributed by atoms with Gasteiger partial charge in [0.15, 0.2) is 5.69 Å². The minimum Gasteiger partial charge on any atom is -0.320 e. The van der Waals surface area contributed by atoms with E-state index in [1.165, 1.54) is 24.3 Å². The zero-order chi connectivity index (χ0) is 22.3. The molecule has 0 saturated carbocycles. The molecule has 0 radical (unpaired) electrons. The number of aromatic nitrogens is 2. The molecule has 3 N–H and O–H groups in total. The number of nitrogens with two attached hydrogens (primary N) is 1. The van der Waals surface area contributed by atoms with Crippen LogP contribution in [0, 0.1) is 0 Å². The third-order valence-corrected chi connectivity index (χ3v) is 5.36. The van der Waals surface area contributed by atoms with E-state index in [0.717, 1.165) is 24.4 Å². The van der Waals surface area contributed by atoms with Crippen LogP contribution in [0.5, 0.6) is 0 Å². The number of halogens is 5. The van der Waals surface area contributed by atoms with Gasteiger partial charge in [-0.3, -0.25) is 4.79 Å². The van der Waals surface area contributed by atoms with E-state index >= 15 is 0 Å². The highest BCUT2D eigenvalue weighted by atomic mass is 35.5. The SMILES string of the molecule is NS(=O)(=O)c1ccc(Cl)c(NC(=O)c2cnn(-c3ccc(Cl)cc3)c2C(F)(F)F)c1. The second kappa shape index (κ2) is 7.91. The quantitative estimate of drug-likeness (QED) is 0.588. The third kappa shape index (κ3) is 4.59. The summed E-state index contributed by atoms with van der Waals surface area (Å²) in [6, 6.07) is 8.52. The van der Waals surface area contributed by atoms with Crippen LogP contribution in [0.25, 0.3) is 5.69 Å². The molecule has 13 heteroatoms. The van der Waals surface area contributed by atoms with Crippen molar-refractivity contribution in [1.29, 1.82) is 0 Å². The Morgan fingerprint density at radius 2 is 1.73 bits per heavy atom. The fraction of sp³-hybridized carbons (Fsp3) is 0.0588. The van der Waals surface area contributed by atoms with Crippen LogP contribution >= 0.6 is 23.2 Å². The summed E-state index contributed by atoms with van der Waals surface area (Å²) in [6.07, 6.45) is -4.20. The molecule has 0 fully saturated rings. The number of hydrogen-bond donors (Lipinski definition) is 2. The summed E-state index contributed by atoms with van der Waals surface area (Å²) in [5, 5.41) is 11.1. The molecule has 2 aromatic carbocycles. The molecule has 30 heavy (non-hydrogen) atoms. The van der Waals surface area contributed by atoms with Crippen LogP contribution in [0.2, 0.25) is 10.0 Å². The van der Waals surface area contributed by atoms with E-state index in [4.69, 9.17) is 28.3 Å². The summed E-state index contributed by atoms with van der Waals surface area (Å²) < 4.78 is 64.6. The van der Waals surface area contributed by atoms with Crippen LogP contribution < -0.4 is 10.5 Å². The molecule has 3 rings (SSSR count). The summed E-state index contributed by atoms with van der Waals surface area (Å²) in [5.41, 5.74) is -2.34. The lowest BCUT2D eigenvalue weighted by atomic mass is 10.2. The van der Waals surface area contributed by atoms with Gasteiger partial charge in [-0.2, -0.15) is 18.3 Å². The van der Waals surface area contributed by atoms with Crippen molar-refractivity contribution >= 4 is 44.8 Å². The molecule has 1 amide bonds. The van der Waals surface area contributed by atoms with Crippen LogP contribution in [0.15, 0.2) is 53.6 Å². The maximum absolute atomic E-state index is 13.7. The van der Waals surface area contributed by atoms with Gasteiger partial charge in [0.1, 0.15) is 0 Å². The van der Waals surface area contributed by atoms with Crippen molar-refractivity contribution in [1.82, 2.24) is 9.78 Å². The Morgan fingerprint density at radius 1 is 1.10 bits per heavy atom. The number of hydrogen-bond acceptors (Lipinski definition) is 4. The smallest absolute Gasteiger partial charge is 0.320 e. The molecule has 0 spiro atoms. The van der Waals surface area contributed by atoms with E-state index in [-0.39, 0.29) is 21.3 Å². The molecular formula is C17H11Cl2F3N4O3S. The van der Waals surface area contributed by atoms with Gasteiger partial charge in [0.05, 0.1) is 33.1 Å². The maximum atomic E-state index is 13.7. The lowest BCUT2D eigenvalue weighted by molar-refractivity contribution is -0.143. The Morgan fingerprint density at radius 3 is 2.30 bits per heavy atom. The van der Waals surface area contributed by atoms with Gasteiger partial charge in [0.2, 0.25) is 10.0 Å². The number of nitrogens with zero attached hydrogens (tertiary/aromatic N) is 2. The molecule has 3 aromatic rings. The highest BCUT2D eigenvalue weighted by Gasteiger charge is 2.40. The molecule has 0 bridgehead atoms. The molecule has 0 aliphatic heterocycles. The number of nitrogens with one attached hydrogen (secondary N) is 1. The molecule has 7 nitrogen and oxygen atoms in total. The number of sulfonamides is 1. The van der Waals surface area contributed by atoms with Crippen molar-refractivity contribution in [3.05, 3.63) is 70.0 Å². The highest BCUT2D eigenvalue weighted by molar-refractivity contribution is 7.89. The van der Waals surface area contributed by atoms with E-state index in [9.17, 15) is 26.4 Å². The summed E-state index contributed by atoms with van der Waals surface area (Å²) >= 11 is 11.7. The summed E-state index contributed by atoms with van der Waals surface area (Å²) in [4.78, 5) is 12.2. The van der Waals surface area contributed by atoms with Crippen molar-refractivity contribution in [2.75, 3.05) is 5.32 Å². The Balaban J connectivity index is 2.04. The average Bonchev–Trinajstić information content (AvgIpc) is 3.09. The Kier molecular flexibility index (Phi) is 5.83. The predicted molar refractivity (Wildman–Crippen MR) is 104 cm³/mol. The standard InChI is InChI=1S/C17H11Cl2F3N4O3S/c18-9-1-3-10(4-2-9)26-15(17(20,21)22)12(8-24-26)16(27)25-14-7-11(30(23,28)29)5-6-13(14)19/h1-8H,(H,25,27)(H2,23,28,29). The van der Waals surface area contributed by atoms with Crippen LogP contribution in [0.3, 0.4) is 0 Å². The number of rotatable bonds is 4. The van der Waals surface area contributed by atoms with Crippen LogP contribution in [0.4, 0.5) is 18.9 Å². The minimum atomic E-state index is -4.94. The molecule has 0 aliphatic carbocycles. The lowest BCUT2D eigenvalue weighted by Crippen LogP contribution is -2.21. The number of alkyl halides is 3. The zero-order valence-electron chi connectivity index (χ0n) is 14.6. The normalized spacial score (nSPS) is 12.1. The second-order valence-electron chi connectivity index (χ2n) is 5.93.